The van der Waals surface area contributed by atoms with E-state index >= 15 is 0 Å². The van der Waals surface area contributed by atoms with Crippen molar-refractivity contribution in [2.75, 3.05) is 0 Å². The maximum atomic E-state index is 12.0. The third kappa shape index (κ3) is 3.72. The minimum atomic E-state index is -1.03. The van der Waals surface area contributed by atoms with Crippen LogP contribution in [-0.4, -0.2) is 22.9 Å². The van der Waals surface area contributed by atoms with Gasteiger partial charge >= 0.3 is 11.9 Å². The number of carboxylic acids is 1. The smallest absolute Gasteiger partial charge is 0.307 e. The van der Waals surface area contributed by atoms with E-state index in [4.69, 9.17) is 9.52 Å². The van der Waals surface area contributed by atoms with Crippen molar-refractivity contribution in [1.82, 2.24) is 10.9 Å². The van der Waals surface area contributed by atoms with Gasteiger partial charge in [0.25, 0.3) is 0 Å². The van der Waals surface area contributed by atoms with E-state index in [1.807, 2.05) is 0 Å². The monoisotopic (exact) mass is 356 g/mol. The summed E-state index contributed by atoms with van der Waals surface area (Å²) in [4.78, 5) is 34.8. The molecule has 0 radical (unpaired) electrons. The molecule has 1 aliphatic rings. The molecule has 0 saturated heterocycles. The first kappa shape index (κ1) is 15.3. The molecule has 3 N–H and O–H groups in total. The zero-order valence-corrected chi connectivity index (χ0v) is 12.4. The van der Waals surface area contributed by atoms with Crippen LogP contribution in [0.15, 0.2) is 33.4 Å². The molecule has 0 unspecified atom stereocenters. The van der Waals surface area contributed by atoms with Crippen LogP contribution in [0.5, 0.6) is 0 Å². The van der Waals surface area contributed by atoms with Gasteiger partial charge in [0.2, 0.25) is 5.91 Å². The summed E-state index contributed by atoms with van der Waals surface area (Å²) in [5.41, 5.74) is 4.43. The number of amides is 2. The molecule has 0 fully saturated rings. The number of furan rings is 1. The maximum absolute atomic E-state index is 12.0. The third-order valence-corrected chi connectivity index (χ3v) is 3.61. The number of hydrogen-bond acceptors (Lipinski definition) is 4. The maximum Gasteiger partial charge on any atom is 0.307 e. The Hall–Kier alpha value is -2.09. The Morgan fingerprint density at radius 1 is 1.14 bits per heavy atom. The summed E-state index contributed by atoms with van der Waals surface area (Å²) in [6.45, 7) is 0. The minimum Gasteiger partial charge on any atom is -0.481 e. The Morgan fingerprint density at radius 3 is 2.38 bits per heavy atom. The van der Waals surface area contributed by atoms with Crippen molar-refractivity contribution in [2.24, 2.45) is 11.8 Å². The highest BCUT2D eigenvalue weighted by atomic mass is 79.9. The summed E-state index contributed by atoms with van der Waals surface area (Å²) in [7, 11) is 0. The Labute approximate surface area is 128 Å². The average molecular weight is 357 g/mol. The molecule has 1 heterocycles. The molecule has 7 nitrogen and oxygen atoms in total. The van der Waals surface area contributed by atoms with Gasteiger partial charge in [0.15, 0.2) is 10.4 Å². The predicted molar refractivity (Wildman–Crippen MR) is 75.0 cm³/mol. The highest BCUT2D eigenvalue weighted by molar-refractivity contribution is 9.10. The van der Waals surface area contributed by atoms with Crippen LogP contribution in [-0.2, 0) is 9.59 Å². The first-order chi connectivity index (χ1) is 9.99. The van der Waals surface area contributed by atoms with Gasteiger partial charge in [-0.2, -0.15) is 0 Å². The molecule has 2 atom stereocenters. The van der Waals surface area contributed by atoms with E-state index < -0.39 is 29.6 Å². The highest BCUT2D eigenvalue weighted by Crippen LogP contribution is 2.25. The number of aliphatic carboxylic acids is 1. The number of carboxylic acid groups (broad SMARTS) is 1. The highest BCUT2D eigenvalue weighted by Gasteiger charge is 2.34. The summed E-state index contributed by atoms with van der Waals surface area (Å²) < 4.78 is 5.42. The van der Waals surface area contributed by atoms with E-state index in [0.717, 1.165) is 0 Å². The third-order valence-electron chi connectivity index (χ3n) is 3.18. The molecular formula is C13H13BrN2O5. The normalized spacial score (nSPS) is 20.8. The average Bonchev–Trinajstić information content (AvgIpc) is 2.91. The number of hydrogen-bond donors (Lipinski definition) is 3. The summed E-state index contributed by atoms with van der Waals surface area (Å²) in [5.74, 6) is -3.65. The molecule has 1 aliphatic carbocycles. The molecule has 8 heteroatoms. The Morgan fingerprint density at radius 2 is 1.81 bits per heavy atom. The van der Waals surface area contributed by atoms with Gasteiger partial charge in [0, 0.05) is 0 Å². The van der Waals surface area contributed by atoms with Gasteiger partial charge in [-0.25, -0.2) is 0 Å². The molecular weight excluding hydrogens is 344 g/mol. The number of halogens is 1. The lowest BCUT2D eigenvalue weighted by Crippen LogP contribution is -2.47. The van der Waals surface area contributed by atoms with Gasteiger partial charge in [-0.1, -0.05) is 12.2 Å². The summed E-state index contributed by atoms with van der Waals surface area (Å²) in [5, 5.41) is 9.09. The molecule has 0 saturated carbocycles. The van der Waals surface area contributed by atoms with E-state index in [0.29, 0.717) is 17.5 Å². The van der Waals surface area contributed by atoms with Gasteiger partial charge in [-0.15, -0.1) is 0 Å². The largest absolute Gasteiger partial charge is 0.481 e. The predicted octanol–water partition coefficient (Wildman–Crippen LogP) is 1.47. The van der Waals surface area contributed by atoms with Crippen LogP contribution in [0.1, 0.15) is 23.4 Å². The van der Waals surface area contributed by atoms with E-state index in [9.17, 15) is 14.4 Å². The first-order valence-electron chi connectivity index (χ1n) is 6.22. The lowest BCUT2D eigenvalue weighted by molar-refractivity contribution is -0.147. The fourth-order valence-electron chi connectivity index (χ4n) is 2.09. The molecule has 2 rings (SSSR count). The number of carbonyl (C=O) groups excluding carboxylic acids is 2. The van der Waals surface area contributed by atoms with Crippen LogP contribution < -0.4 is 10.9 Å². The number of carbonyl (C=O) groups is 3. The number of allylic oxidation sites excluding steroid dienone is 2. The van der Waals surface area contributed by atoms with Crippen LogP contribution in [0.2, 0.25) is 0 Å². The van der Waals surface area contributed by atoms with Crippen LogP contribution >= 0.6 is 15.9 Å². The van der Waals surface area contributed by atoms with Crippen LogP contribution in [0.25, 0.3) is 0 Å². The van der Waals surface area contributed by atoms with E-state index in [1.54, 1.807) is 18.2 Å². The molecule has 0 spiro atoms. The fourth-order valence-corrected chi connectivity index (χ4v) is 2.39. The zero-order chi connectivity index (χ0) is 15.4. The number of nitrogens with one attached hydrogen (secondary N) is 2. The lowest BCUT2D eigenvalue weighted by atomic mass is 9.82. The molecule has 112 valence electrons. The zero-order valence-electron chi connectivity index (χ0n) is 10.8. The van der Waals surface area contributed by atoms with Crippen molar-refractivity contribution in [1.29, 1.82) is 0 Å². The van der Waals surface area contributed by atoms with Gasteiger partial charge < -0.3 is 9.52 Å². The molecule has 2 amide bonds. The van der Waals surface area contributed by atoms with Crippen molar-refractivity contribution in [3.05, 3.63) is 34.7 Å². The van der Waals surface area contributed by atoms with E-state index in [-0.39, 0.29) is 5.76 Å². The summed E-state index contributed by atoms with van der Waals surface area (Å²) in [6.07, 6.45) is 4.12. The molecule has 0 aliphatic heterocycles. The summed E-state index contributed by atoms with van der Waals surface area (Å²) >= 11 is 3.06. The van der Waals surface area contributed by atoms with Gasteiger partial charge in [-0.3, -0.25) is 25.2 Å². The van der Waals surface area contributed by atoms with Crippen LogP contribution in [0.4, 0.5) is 0 Å². The van der Waals surface area contributed by atoms with Crippen molar-refractivity contribution < 1.29 is 23.9 Å². The molecule has 1 aromatic rings. The van der Waals surface area contributed by atoms with Crippen LogP contribution in [0.3, 0.4) is 0 Å². The van der Waals surface area contributed by atoms with Crippen LogP contribution in [0, 0.1) is 11.8 Å². The van der Waals surface area contributed by atoms with Crippen molar-refractivity contribution in [3.63, 3.8) is 0 Å². The Kier molecular flexibility index (Phi) is 4.79. The molecule has 0 bridgehead atoms. The lowest BCUT2D eigenvalue weighted by Gasteiger charge is -2.24. The van der Waals surface area contributed by atoms with E-state index in [1.165, 1.54) is 6.07 Å². The quantitative estimate of drug-likeness (QED) is 0.561. The minimum absolute atomic E-state index is 0.0282. The van der Waals surface area contributed by atoms with Gasteiger partial charge in [-0.05, 0) is 40.9 Å². The van der Waals surface area contributed by atoms with Gasteiger partial charge in [0.1, 0.15) is 0 Å². The van der Waals surface area contributed by atoms with Crippen molar-refractivity contribution >= 4 is 33.7 Å². The van der Waals surface area contributed by atoms with Crippen molar-refractivity contribution in [2.45, 2.75) is 12.8 Å². The van der Waals surface area contributed by atoms with E-state index in [2.05, 4.69) is 26.8 Å². The molecule has 21 heavy (non-hydrogen) atoms. The fraction of sp³-hybridized carbons (Fsp3) is 0.308. The number of hydrazine groups is 1. The standard InChI is InChI=1S/C13H13BrN2O5/c14-10-6-5-9(21-10)12(18)16-15-11(17)7-3-1-2-4-8(7)13(19)20/h1-2,5-8H,3-4H2,(H,15,17)(H,16,18)(H,19,20)/t7-,8+/m0/s1. The second-order valence-corrected chi connectivity index (χ2v) is 5.32. The Balaban J connectivity index is 1.93. The number of rotatable bonds is 3. The second kappa shape index (κ2) is 6.57. The Bertz CT molecular complexity index is 595. The molecule has 0 aromatic carbocycles. The van der Waals surface area contributed by atoms with Gasteiger partial charge in [0.05, 0.1) is 11.8 Å². The second-order valence-electron chi connectivity index (χ2n) is 4.54. The molecule has 1 aromatic heterocycles. The SMILES string of the molecule is O=C(NNC(=O)[C@H]1CC=CC[C@H]1C(=O)O)c1ccc(Br)o1. The first-order valence-corrected chi connectivity index (χ1v) is 7.01. The van der Waals surface area contributed by atoms with Crippen molar-refractivity contribution in [3.8, 4) is 0 Å². The summed E-state index contributed by atoms with van der Waals surface area (Å²) in [6, 6.07) is 2.98. The topological polar surface area (TPSA) is 109 Å².